The standard InChI is InChI=1S/C21H28N2O8S4/c1-17(22(32(2,24)25)33(3,26)27)21(23(34(4,28)29)35(5,30)31)20-15-13-19(14-16-20)12-11-18-9-7-6-8-10-18/h6-17,21H,1-5H3/b12-11+/t17-,21-/m1/s1. The number of benzene rings is 2. The van der Waals surface area contributed by atoms with Crippen LogP contribution in [0.3, 0.4) is 0 Å². The molecule has 0 aliphatic rings. The van der Waals surface area contributed by atoms with Gasteiger partial charge in [-0.2, -0.15) is 0 Å². The highest BCUT2D eigenvalue weighted by molar-refractivity contribution is 8.04. The molecule has 194 valence electrons. The van der Waals surface area contributed by atoms with Crippen LogP contribution in [0.4, 0.5) is 0 Å². The van der Waals surface area contributed by atoms with E-state index in [1.807, 2.05) is 36.4 Å². The monoisotopic (exact) mass is 564 g/mol. The summed E-state index contributed by atoms with van der Waals surface area (Å²) in [6.07, 6.45) is 6.20. The Balaban J connectivity index is 2.69. The van der Waals surface area contributed by atoms with Gasteiger partial charge in [-0.15, -0.1) is 0 Å². The Kier molecular flexibility index (Phi) is 8.73. The molecule has 0 unspecified atom stereocenters. The molecule has 0 radical (unpaired) electrons. The van der Waals surface area contributed by atoms with Crippen LogP contribution in [-0.2, 0) is 40.1 Å². The van der Waals surface area contributed by atoms with E-state index in [0.29, 0.717) is 30.6 Å². The van der Waals surface area contributed by atoms with Crippen LogP contribution in [0, 0.1) is 0 Å². The van der Waals surface area contributed by atoms with E-state index < -0.39 is 52.2 Å². The van der Waals surface area contributed by atoms with Crippen molar-refractivity contribution in [3.05, 3.63) is 71.3 Å². The zero-order valence-corrected chi connectivity index (χ0v) is 23.1. The molecule has 0 spiro atoms. The number of nitrogens with zero attached hydrogens (tertiary/aromatic N) is 2. The first-order valence-electron chi connectivity index (χ1n) is 10.1. The summed E-state index contributed by atoms with van der Waals surface area (Å²) in [5, 5.41) is 0. The van der Waals surface area contributed by atoms with Gasteiger partial charge >= 0.3 is 0 Å². The lowest BCUT2D eigenvalue weighted by atomic mass is 10.0. The van der Waals surface area contributed by atoms with E-state index in [9.17, 15) is 33.7 Å². The Hall–Kier alpha value is -2.10. The van der Waals surface area contributed by atoms with Crippen molar-refractivity contribution in [3.8, 4) is 0 Å². The van der Waals surface area contributed by atoms with Gasteiger partial charge in [-0.1, -0.05) is 74.2 Å². The Morgan fingerprint density at radius 2 is 0.943 bits per heavy atom. The summed E-state index contributed by atoms with van der Waals surface area (Å²) in [4.78, 5) is 0. The highest BCUT2D eigenvalue weighted by Gasteiger charge is 2.45. The normalized spacial score (nSPS) is 15.5. The van der Waals surface area contributed by atoms with Crippen molar-refractivity contribution in [2.75, 3.05) is 25.0 Å². The van der Waals surface area contributed by atoms with Crippen molar-refractivity contribution in [2.24, 2.45) is 0 Å². The molecule has 0 saturated heterocycles. The van der Waals surface area contributed by atoms with Gasteiger partial charge in [0.25, 0.3) is 0 Å². The largest absolute Gasteiger partial charge is 0.224 e. The summed E-state index contributed by atoms with van der Waals surface area (Å²) in [6, 6.07) is 12.1. The number of hydrogen-bond acceptors (Lipinski definition) is 8. The van der Waals surface area contributed by atoms with Gasteiger partial charge in [-0.05, 0) is 23.6 Å². The Morgan fingerprint density at radius 1 is 0.571 bits per heavy atom. The molecule has 0 N–H and O–H groups in total. The third-order valence-corrected chi connectivity index (χ3v) is 11.9. The maximum Gasteiger partial charge on any atom is 0.224 e. The minimum Gasteiger partial charge on any atom is -0.212 e. The van der Waals surface area contributed by atoms with E-state index in [1.54, 1.807) is 18.2 Å². The molecule has 14 heteroatoms. The number of rotatable bonds is 10. The highest BCUT2D eigenvalue weighted by atomic mass is 32.3. The van der Waals surface area contributed by atoms with E-state index in [1.165, 1.54) is 12.1 Å². The van der Waals surface area contributed by atoms with E-state index in [4.69, 9.17) is 0 Å². The molecule has 0 fully saturated rings. The van der Waals surface area contributed by atoms with Crippen LogP contribution < -0.4 is 0 Å². The van der Waals surface area contributed by atoms with Gasteiger partial charge < -0.3 is 0 Å². The minimum atomic E-state index is -4.48. The fourth-order valence-corrected chi connectivity index (χ4v) is 10.6. The maximum absolute atomic E-state index is 12.6. The quantitative estimate of drug-likeness (QED) is 0.397. The van der Waals surface area contributed by atoms with E-state index in [0.717, 1.165) is 12.5 Å². The van der Waals surface area contributed by atoms with Crippen molar-refractivity contribution in [2.45, 2.75) is 19.0 Å². The SMILES string of the molecule is C[C@H]([C@H](c1ccc(/C=C/c2ccccc2)cc1)N(S(C)(=O)=O)S(C)(=O)=O)N(S(C)(=O)=O)S(C)(=O)=O. The number of sulfonamides is 4. The lowest BCUT2D eigenvalue weighted by Crippen LogP contribution is -2.51. The summed E-state index contributed by atoms with van der Waals surface area (Å²) in [5.41, 5.74) is 1.71. The van der Waals surface area contributed by atoms with E-state index in [2.05, 4.69) is 0 Å². The average molecular weight is 565 g/mol. The van der Waals surface area contributed by atoms with E-state index >= 15 is 0 Å². The highest BCUT2D eigenvalue weighted by Crippen LogP contribution is 2.34. The molecule has 35 heavy (non-hydrogen) atoms. The molecular formula is C21H28N2O8S4. The first-order chi connectivity index (χ1) is 15.8. The van der Waals surface area contributed by atoms with Gasteiger partial charge in [0.15, 0.2) is 0 Å². The molecule has 0 aromatic heterocycles. The fraction of sp³-hybridized carbons (Fsp3) is 0.333. The van der Waals surface area contributed by atoms with Crippen molar-refractivity contribution in [1.82, 2.24) is 7.42 Å². The van der Waals surface area contributed by atoms with Gasteiger partial charge in [-0.3, -0.25) is 0 Å². The first-order valence-corrected chi connectivity index (χ1v) is 17.4. The van der Waals surface area contributed by atoms with Crippen molar-refractivity contribution >= 4 is 52.2 Å². The van der Waals surface area contributed by atoms with Crippen LogP contribution in [-0.4, -0.2) is 72.2 Å². The van der Waals surface area contributed by atoms with Gasteiger partial charge in [0.05, 0.1) is 37.1 Å². The Bertz CT molecular complexity index is 1440. The molecule has 2 rings (SSSR count). The van der Waals surface area contributed by atoms with Crippen molar-refractivity contribution < 1.29 is 33.7 Å². The van der Waals surface area contributed by atoms with Gasteiger partial charge in [0.2, 0.25) is 40.1 Å². The molecule has 10 nitrogen and oxygen atoms in total. The average Bonchev–Trinajstić information content (AvgIpc) is 2.67. The molecule has 2 atom stereocenters. The summed E-state index contributed by atoms with van der Waals surface area (Å²) >= 11 is 0. The smallest absolute Gasteiger partial charge is 0.212 e. The molecule has 0 aliphatic heterocycles. The summed E-state index contributed by atoms with van der Waals surface area (Å²) < 4.78 is 100. The Morgan fingerprint density at radius 3 is 1.31 bits per heavy atom. The van der Waals surface area contributed by atoms with Crippen LogP contribution in [0.1, 0.15) is 29.7 Å². The molecule has 0 aliphatic carbocycles. The third kappa shape index (κ3) is 7.69. The molecule has 0 bridgehead atoms. The Labute approximate surface area is 208 Å². The van der Waals surface area contributed by atoms with Crippen molar-refractivity contribution in [3.63, 3.8) is 0 Å². The predicted octanol–water partition coefficient (Wildman–Crippen LogP) is 1.73. The second kappa shape index (κ2) is 10.5. The second-order valence-corrected chi connectivity index (χ2v) is 16.0. The molecule has 0 heterocycles. The maximum atomic E-state index is 12.6. The predicted molar refractivity (Wildman–Crippen MR) is 137 cm³/mol. The summed E-state index contributed by atoms with van der Waals surface area (Å²) in [6.45, 7) is 1.14. The summed E-state index contributed by atoms with van der Waals surface area (Å²) in [5.74, 6) is 0. The van der Waals surface area contributed by atoms with Crippen LogP contribution in [0.2, 0.25) is 0 Å². The van der Waals surface area contributed by atoms with Gasteiger partial charge in [0.1, 0.15) is 0 Å². The van der Waals surface area contributed by atoms with E-state index in [-0.39, 0.29) is 13.0 Å². The van der Waals surface area contributed by atoms with Crippen LogP contribution >= 0.6 is 0 Å². The summed E-state index contributed by atoms with van der Waals surface area (Å²) in [7, 11) is -17.8. The molecule has 0 amide bonds. The zero-order valence-electron chi connectivity index (χ0n) is 19.8. The fourth-order valence-electron chi connectivity index (χ4n) is 3.76. The van der Waals surface area contributed by atoms with Crippen LogP contribution in [0.5, 0.6) is 0 Å². The lowest BCUT2D eigenvalue weighted by molar-refractivity contribution is 0.316. The first kappa shape index (κ1) is 29.1. The molecule has 0 saturated carbocycles. The molecule has 2 aromatic rings. The van der Waals surface area contributed by atoms with Gasteiger partial charge in [0, 0.05) is 0 Å². The third-order valence-electron chi connectivity index (χ3n) is 4.87. The number of hydrogen-bond donors (Lipinski definition) is 0. The van der Waals surface area contributed by atoms with Crippen molar-refractivity contribution in [1.29, 1.82) is 0 Å². The topological polar surface area (TPSA) is 143 Å². The zero-order chi connectivity index (χ0) is 26.8. The minimum absolute atomic E-state index is 0.0857. The van der Waals surface area contributed by atoms with Crippen LogP contribution in [0.15, 0.2) is 54.6 Å². The van der Waals surface area contributed by atoms with Crippen LogP contribution in [0.25, 0.3) is 12.2 Å². The molecular weight excluding hydrogens is 537 g/mol. The molecule has 2 aromatic carbocycles. The lowest BCUT2D eigenvalue weighted by Gasteiger charge is -2.36. The second-order valence-electron chi connectivity index (χ2n) is 8.10. The van der Waals surface area contributed by atoms with Gasteiger partial charge in [-0.25, -0.2) is 33.7 Å².